The van der Waals surface area contributed by atoms with Crippen LogP contribution in [0, 0.1) is 0 Å². The predicted octanol–water partition coefficient (Wildman–Crippen LogP) is 2.00. The Kier molecular flexibility index (Phi) is 11.4. The van der Waals surface area contributed by atoms with Gasteiger partial charge >= 0.3 is 0 Å². The van der Waals surface area contributed by atoms with Crippen LogP contribution in [0.1, 0.15) is 20.8 Å². The molecule has 1 heterocycles. The van der Waals surface area contributed by atoms with Gasteiger partial charge in [-0.3, -0.25) is 9.89 Å². The van der Waals surface area contributed by atoms with E-state index in [0.717, 1.165) is 38.7 Å². The standard InChI is InChI=1S/C15H29N5.HI/c1-5-20(14(2)3)13-9-18-15(16-4)17-8-12-19-10-6-7-11-19;/h6-7,10-11,14H,5,8-9,12-13H2,1-4H3,(H2,16,17,18);1H. The predicted molar refractivity (Wildman–Crippen MR) is 102 cm³/mol. The Morgan fingerprint density at radius 3 is 2.33 bits per heavy atom. The Hall–Kier alpha value is -0.760. The van der Waals surface area contributed by atoms with Gasteiger partial charge in [0.25, 0.3) is 0 Å². The molecule has 2 N–H and O–H groups in total. The fourth-order valence-corrected chi connectivity index (χ4v) is 2.14. The van der Waals surface area contributed by atoms with Gasteiger partial charge in [0.05, 0.1) is 0 Å². The number of aromatic nitrogens is 1. The number of nitrogens with zero attached hydrogens (tertiary/aromatic N) is 3. The summed E-state index contributed by atoms with van der Waals surface area (Å²) in [6.45, 7) is 11.5. The van der Waals surface area contributed by atoms with E-state index in [1.54, 1.807) is 0 Å². The second-order valence-corrected chi connectivity index (χ2v) is 5.07. The summed E-state index contributed by atoms with van der Waals surface area (Å²) in [6, 6.07) is 4.67. The largest absolute Gasteiger partial charge is 0.355 e. The normalized spacial score (nSPS) is 11.6. The molecule has 1 rings (SSSR count). The average Bonchev–Trinajstić information content (AvgIpc) is 2.94. The van der Waals surface area contributed by atoms with Gasteiger partial charge in [-0.15, -0.1) is 24.0 Å². The molecule has 0 saturated carbocycles. The molecule has 1 aromatic heterocycles. The molecule has 0 aliphatic heterocycles. The molecule has 21 heavy (non-hydrogen) atoms. The van der Waals surface area contributed by atoms with E-state index in [2.05, 4.69) is 58.3 Å². The highest BCUT2D eigenvalue weighted by molar-refractivity contribution is 14.0. The molecular weight excluding hydrogens is 377 g/mol. The quantitative estimate of drug-likeness (QED) is 0.394. The van der Waals surface area contributed by atoms with Crippen LogP contribution < -0.4 is 10.6 Å². The smallest absolute Gasteiger partial charge is 0.191 e. The molecule has 0 spiro atoms. The van der Waals surface area contributed by atoms with E-state index in [-0.39, 0.29) is 24.0 Å². The van der Waals surface area contributed by atoms with Crippen molar-refractivity contribution >= 4 is 29.9 Å². The molecule has 0 aliphatic carbocycles. The third kappa shape index (κ3) is 8.31. The molecule has 0 amide bonds. The van der Waals surface area contributed by atoms with E-state index in [1.165, 1.54) is 0 Å². The molecule has 0 fully saturated rings. The maximum Gasteiger partial charge on any atom is 0.191 e. The molecule has 0 unspecified atom stereocenters. The van der Waals surface area contributed by atoms with Crippen molar-refractivity contribution in [1.29, 1.82) is 0 Å². The number of hydrogen-bond donors (Lipinski definition) is 2. The van der Waals surface area contributed by atoms with E-state index in [1.807, 2.05) is 19.2 Å². The number of rotatable bonds is 8. The highest BCUT2D eigenvalue weighted by Crippen LogP contribution is 1.95. The Morgan fingerprint density at radius 1 is 1.19 bits per heavy atom. The van der Waals surface area contributed by atoms with E-state index in [4.69, 9.17) is 0 Å². The van der Waals surface area contributed by atoms with Gasteiger partial charge in [0.1, 0.15) is 0 Å². The first kappa shape index (κ1) is 20.2. The van der Waals surface area contributed by atoms with Crippen molar-refractivity contribution in [2.24, 2.45) is 4.99 Å². The second kappa shape index (κ2) is 11.9. The van der Waals surface area contributed by atoms with Crippen molar-refractivity contribution in [2.45, 2.75) is 33.4 Å². The van der Waals surface area contributed by atoms with Crippen LogP contribution in [0.5, 0.6) is 0 Å². The van der Waals surface area contributed by atoms with Crippen molar-refractivity contribution in [3.05, 3.63) is 24.5 Å². The van der Waals surface area contributed by atoms with Crippen LogP contribution in [0.4, 0.5) is 0 Å². The topological polar surface area (TPSA) is 44.6 Å². The lowest BCUT2D eigenvalue weighted by atomic mass is 10.3. The van der Waals surface area contributed by atoms with Gasteiger partial charge in [0, 0.05) is 51.7 Å². The molecule has 122 valence electrons. The molecule has 1 aromatic rings. The SMILES string of the molecule is CCN(CCNC(=NC)NCCn1cccc1)C(C)C.I. The summed E-state index contributed by atoms with van der Waals surface area (Å²) in [6.07, 6.45) is 4.14. The molecule has 6 heteroatoms. The minimum Gasteiger partial charge on any atom is -0.355 e. The number of guanidine groups is 1. The number of hydrogen-bond acceptors (Lipinski definition) is 2. The summed E-state index contributed by atoms with van der Waals surface area (Å²) >= 11 is 0. The first-order chi connectivity index (χ1) is 9.67. The zero-order valence-electron chi connectivity index (χ0n) is 13.7. The number of aliphatic imine (C=N–C) groups is 1. The molecule has 0 saturated heterocycles. The Balaban J connectivity index is 0.00000400. The average molecular weight is 407 g/mol. The lowest BCUT2D eigenvalue weighted by Gasteiger charge is -2.25. The zero-order valence-corrected chi connectivity index (χ0v) is 16.0. The van der Waals surface area contributed by atoms with Gasteiger partial charge in [-0.25, -0.2) is 0 Å². The minimum atomic E-state index is 0. The van der Waals surface area contributed by atoms with Crippen LogP contribution in [0.3, 0.4) is 0 Å². The first-order valence-corrected chi connectivity index (χ1v) is 7.46. The highest BCUT2D eigenvalue weighted by Gasteiger charge is 2.06. The number of likely N-dealkylation sites (N-methyl/N-ethyl adjacent to an activating group) is 1. The lowest BCUT2D eigenvalue weighted by molar-refractivity contribution is 0.237. The summed E-state index contributed by atoms with van der Waals surface area (Å²) in [7, 11) is 1.81. The van der Waals surface area contributed by atoms with Gasteiger partial charge in [-0.2, -0.15) is 0 Å². The van der Waals surface area contributed by atoms with E-state index >= 15 is 0 Å². The Morgan fingerprint density at radius 2 is 1.81 bits per heavy atom. The monoisotopic (exact) mass is 407 g/mol. The van der Waals surface area contributed by atoms with Crippen LogP contribution in [-0.4, -0.2) is 54.7 Å². The molecule has 0 aliphatic rings. The second-order valence-electron chi connectivity index (χ2n) is 5.07. The Bertz CT molecular complexity index is 375. The molecule has 0 aromatic carbocycles. The number of nitrogens with one attached hydrogen (secondary N) is 2. The van der Waals surface area contributed by atoms with E-state index in [9.17, 15) is 0 Å². The fourth-order valence-electron chi connectivity index (χ4n) is 2.14. The van der Waals surface area contributed by atoms with Crippen molar-refractivity contribution in [3.63, 3.8) is 0 Å². The van der Waals surface area contributed by atoms with Crippen molar-refractivity contribution < 1.29 is 0 Å². The molecule has 0 radical (unpaired) electrons. The zero-order chi connectivity index (χ0) is 14.8. The van der Waals surface area contributed by atoms with Gasteiger partial charge in [-0.05, 0) is 32.5 Å². The maximum atomic E-state index is 4.24. The van der Waals surface area contributed by atoms with Gasteiger partial charge in [0.2, 0.25) is 0 Å². The summed E-state index contributed by atoms with van der Waals surface area (Å²) in [4.78, 5) is 6.67. The molecular formula is C15H30IN5. The van der Waals surface area contributed by atoms with Crippen molar-refractivity contribution in [3.8, 4) is 0 Å². The number of halogens is 1. The van der Waals surface area contributed by atoms with Gasteiger partial charge in [0.15, 0.2) is 5.96 Å². The molecule has 0 bridgehead atoms. The van der Waals surface area contributed by atoms with Gasteiger partial charge < -0.3 is 15.2 Å². The lowest BCUT2D eigenvalue weighted by Crippen LogP contribution is -2.43. The van der Waals surface area contributed by atoms with E-state index in [0.29, 0.717) is 6.04 Å². The first-order valence-electron chi connectivity index (χ1n) is 7.46. The minimum absolute atomic E-state index is 0. The molecule has 0 atom stereocenters. The van der Waals surface area contributed by atoms with Gasteiger partial charge in [-0.1, -0.05) is 6.92 Å². The van der Waals surface area contributed by atoms with Crippen LogP contribution in [0.15, 0.2) is 29.5 Å². The van der Waals surface area contributed by atoms with Crippen molar-refractivity contribution in [1.82, 2.24) is 20.1 Å². The maximum absolute atomic E-state index is 4.24. The third-order valence-electron chi connectivity index (χ3n) is 3.38. The van der Waals surface area contributed by atoms with Crippen LogP contribution in [0.2, 0.25) is 0 Å². The van der Waals surface area contributed by atoms with Crippen LogP contribution >= 0.6 is 24.0 Å². The summed E-state index contributed by atoms with van der Waals surface area (Å²) < 4.78 is 2.15. The fraction of sp³-hybridized carbons (Fsp3) is 0.667. The Labute approximate surface area is 146 Å². The third-order valence-corrected chi connectivity index (χ3v) is 3.38. The summed E-state index contributed by atoms with van der Waals surface area (Å²) in [5.41, 5.74) is 0. The van der Waals surface area contributed by atoms with Crippen molar-refractivity contribution in [2.75, 3.05) is 33.2 Å². The van der Waals surface area contributed by atoms with Crippen LogP contribution in [-0.2, 0) is 6.54 Å². The summed E-state index contributed by atoms with van der Waals surface area (Å²) in [5, 5.41) is 6.69. The molecule has 5 nitrogen and oxygen atoms in total. The van der Waals surface area contributed by atoms with Crippen LogP contribution in [0.25, 0.3) is 0 Å². The van der Waals surface area contributed by atoms with E-state index < -0.39 is 0 Å². The summed E-state index contributed by atoms with van der Waals surface area (Å²) in [5.74, 6) is 0.872. The highest BCUT2D eigenvalue weighted by atomic mass is 127.